The van der Waals surface area contributed by atoms with Gasteiger partial charge in [-0.3, -0.25) is 4.90 Å². The van der Waals surface area contributed by atoms with Gasteiger partial charge in [0.2, 0.25) is 0 Å². The lowest BCUT2D eigenvalue weighted by molar-refractivity contribution is 0.0357. The Hall–Kier alpha value is -2.04. The third-order valence-electron chi connectivity index (χ3n) is 4.05. The highest BCUT2D eigenvalue weighted by Gasteiger charge is 2.10. The van der Waals surface area contributed by atoms with E-state index in [9.17, 15) is 5.11 Å². The highest BCUT2D eigenvalue weighted by Crippen LogP contribution is 2.31. The maximum atomic E-state index is 10.1. The topological polar surface area (TPSA) is 41.9 Å². The van der Waals surface area contributed by atoms with Crippen LogP contribution in [0.3, 0.4) is 0 Å². The van der Waals surface area contributed by atoms with Crippen molar-refractivity contribution in [1.29, 1.82) is 0 Å². The first-order valence-corrected chi connectivity index (χ1v) is 8.14. The Morgan fingerprint density at radius 2 is 1.78 bits per heavy atom. The van der Waals surface area contributed by atoms with Crippen molar-refractivity contribution >= 4 is 0 Å². The van der Waals surface area contributed by atoms with Gasteiger partial charge in [0.25, 0.3) is 0 Å². The van der Waals surface area contributed by atoms with Crippen LogP contribution in [0.4, 0.5) is 0 Å². The third-order valence-corrected chi connectivity index (χ3v) is 4.05. The lowest BCUT2D eigenvalue weighted by Crippen LogP contribution is -2.37. The average Bonchev–Trinajstić information content (AvgIpc) is 2.61. The van der Waals surface area contributed by atoms with Gasteiger partial charge in [0, 0.05) is 19.6 Å². The fourth-order valence-electron chi connectivity index (χ4n) is 2.74. The summed E-state index contributed by atoms with van der Waals surface area (Å²) in [7, 11) is 0. The molecule has 1 fully saturated rings. The van der Waals surface area contributed by atoms with Crippen LogP contribution in [-0.4, -0.2) is 49.5 Å². The first kappa shape index (κ1) is 15.8. The molecule has 1 saturated heterocycles. The number of phenolic OH excluding ortho intramolecular Hbond substituents is 1. The maximum Gasteiger partial charge on any atom is 0.160 e. The van der Waals surface area contributed by atoms with Crippen LogP contribution < -0.4 is 4.74 Å². The molecule has 122 valence electrons. The van der Waals surface area contributed by atoms with Crippen LogP contribution in [0.25, 0.3) is 11.1 Å². The molecule has 23 heavy (non-hydrogen) atoms. The number of nitrogens with zero attached hydrogens (tertiary/aromatic N) is 1. The first-order valence-electron chi connectivity index (χ1n) is 8.14. The van der Waals surface area contributed by atoms with Gasteiger partial charge in [-0.1, -0.05) is 36.4 Å². The molecular weight excluding hydrogens is 290 g/mol. The van der Waals surface area contributed by atoms with E-state index in [0.717, 1.165) is 50.4 Å². The molecule has 0 radical (unpaired) electrons. The van der Waals surface area contributed by atoms with Crippen molar-refractivity contribution in [1.82, 2.24) is 4.90 Å². The number of rotatable bonds is 6. The van der Waals surface area contributed by atoms with Crippen LogP contribution in [0, 0.1) is 0 Å². The van der Waals surface area contributed by atoms with E-state index in [1.807, 2.05) is 42.5 Å². The van der Waals surface area contributed by atoms with Crippen LogP contribution in [0.2, 0.25) is 0 Å². The zero-order chi connectivity index (χ0) is 15.9. The van der Waals surface area contributed by atoms with Crippen LogP contribution >= 0.6 is 0 Å². The molecule has 1 N–H and O–H groups in total. The molecule has 0 saturated carbocycles. The van der Waals surface area contributed by atoms with Crippen molar-refractivity contribution < 1.29 is 14.6 Å². The molecule has 0 atom stereocenters. The second-order valence-corrected chi connectivity index (χ2v) is 5.70. The fourth-order valence-corrected chi connectivity index (χ4v) is 2.74. The molecule has 1 aliphatic rings. The van der Waals surface area contributed by atoms with Crippen molar-refractivity contribution in [3.05, 3.63) is 48.5 Å². The summed E-state index contributed by atoms with van der Waals surface area (Å²) in [6.07, 6.45) is 0.944. The van der Waals surface area contributed by atoms with E-state index in [0.29, 0.717) is 12.4 Å². The van der Waals surface area contributed by atoms with E-state index in [1.54, 1.807) is 6.07 Å². The van der Waals surface area contributed by atoms with Gasteiger partial charge >= 0.3 is 0 Å². The predicted octanol–water partition coefficient (Wildman–Crippen LogP) is 3.16. The Kier molecular flexibility index (Phi) is 5.51. The van der Waals surface area contributed by atoms with Gasteiger partial charge in [0.05, 0.1) is 19.8 Å². The van der Waals surface area contributed by atoms with Gasteiger partial charge in [-0.25, -0.2) is 0 Å². The molecule has 3 rings (SSSR count). The highest BCUT2D eigenvalue weighted by atomic mass is 16.5. The van der Waals surface area contributed by atoms with Crippen molar-refractivity contribution in [3.63, 3.8) is 0 Å². The van der Waals surface area contributed by atoms with E-state index in [-0.39, 0.29) is 5.75 Å². The highest BCUT2D eigenvalue weighted by molar-refractivity contribution is 5.66. The Morgan fingerprint density at radius 1 is 1.00 bits per heavy atom. The Labute approximate surface area is 137 Å². The van der Waals surface area contributed by atoms with Crippen LogP contribution in [0.15, 0.2) is 48.5 Å². The number of aromatic hydroxyl groups is 1. The van der Waals surface area contributed by atoms with Gasteiger partial charge in [-0.2, -0.15) is 0 Å². The molecule has 4 heteroatoms. The lowest BCUT2D eigenvalue weighted by atomic mass is 10.1. The SMILES string of the molecule is Oc1cc(-c2ccccc2)ccc1OCCCN1CCOCC1. The number of phenols is 1. The lowest BCUT2D eigenvalue weighted by Gasteiger charge is -2.26. The zero-order valence-electron chi connectivity index (χ0n) is 13.3. The molecule has 2 aromatic carbocycles. The Morgan fingerprint density at radius 3 is 2.52 bits per heavy atom. The summed E-state index contributed by atoms with van der Waals surface area (Å²) in [5.41, 5.74) is 2.07. The molecule has 0 amide bonds. The van der Waals surface area contributed by atoms with Gasteiger partial charge in [-0.05, 0) is 29.7 Å². The number of benzene rings is 2. The summed E-state index contributed by atoms with van der Waals surface area (Å²) in [6.45, 7) is 5.25. The molecule has 0 bridgehead atoms. The summed E-state index contributed by atoms with van der Waals surface area (Å²) >= 11 is 0. The zero-order valence-corrected chi connectivity index (χ0v) is 13.3. The summed E-state index contributed by atoms with van der Waals surface area (Å²) in [5, 5.41) is 10.1. The van der Waals surface area contributed by atoms with Crippen LogP contribution in [0.1, 0.15) is 6.42 Å². The molecule has 0 spiro atoms. The summed E-state index contributed by atoms with van der Waals surface area (Å²) in [5.74, 6) is 0.740. The minimum atomic E-state index is 0.192. The van der Waals surface area contributed by atoms with Crippen LogP contribution in [-0.2, 0) is 4.74 Å². The fraction of sp³-hybridized carbons (Fsp3) is 0.368. The Balaban J connectivity index is 1.50. The van der Waals surface area contributed by atoms with Gasteiger partial charge in [0.15, 0.2) is 11.5 Å². The monoisotopic (exact) mass is 313 g/mol. The number of hydrogen-bond donors (Lipinski definition) is 1. The van der Waals surface area contributed by atoms with E-state index < -0.39 is 0 Å². The van der Waals surface area contributed by atoms with Gasteiger partial charge < -0.3 is 14.6 Å². The van der Waals surface area contributed by atoms with E-state index in [1.165, 1.54) is 0 Å². The standard InChI is InChI=1S/C19H23NO3/c21-18-15-17(16-5-2-1-3-6-16)7-8-19(18)23-12-4-9-20-10-13-22-14-11-20/h1-3,5-8,15,21H,4,9-14H2. The average molecular weight is 313 g/mol. The molecule has 1 heterocycles. The van der Waals surface area contributed by atoms with Crippen molar-refractivity contribution in [2.24, 2.45) is 0 Å². The number of ether oxygens (including phenoxy) is 2. The molecular formula is C19H23NO3. The van der Waals surface area contributed by atoms with Crippen molar-refractivity contribution in [3.8, 4) is 22.6 Å². The maximum absolute atomic E-state index is 10.1. The number of hydrogen-bond acceptors (Lipinski definition) is 4. The predicted molar refractivity (Wildman–Crippen MR) is 90.9 cm³/mol. The second-order valence-electron chi connectivity index (χ2n) is 5.70. The molecule has 0 unspecified atom stereocenters. The molecule has 0 aromatic heterocycles. The molecule has 4 nitrogen and oxygen atoms in total. The van der Waals surface area contributed by atoms with Gasteiger partial charge in [-0.15, -0.1) is 0 Å². The largest absolute Gasteiger partial charge is 0.504 e. The van der Waals surface area contributed by atoms with Crippen molar-refractivity contribution in [2.45, 2.75) is 6.42 Å². The number of morpholine rings is 1. The molecule has 1 aliphatic heterocycles. The second kappa shape index (κ2) is 7.99. The quantitative estimate of drug-likeness (QED) is 0.832. The van der Waals surface area contributed by atoms with Gasteiger partial charge in [0.1, 0.15) is 0 Å². The smallest absolute Gasteiger partial charge is 0.160 e. The molecule has 2 aromatic rings. The normalized spacial score (nSPS) is 15.5. The summed E-state index contributed by atoms with van der Waals surface area (Å²) in [4.78, 5) is 2.38. The third kappa shape index (κ3) is 4.47. The van der Waals surface area contributed by atoms with E-state index in [2.05, 4.69) is 4.90 Å². The summed E-state index contributed by atoms with van der Waals surface area (Å²) < 4.78 is 11.0. The Bertz CT molecular complexity index is 609. The summed E-state index contributed by atoms with van der Waals surface area (Å²) in [6, 6.07) is 15.6. The minimum Gasteiger partial charge on any atom is -0.504 e. The van der Waals surface area contributed by atoms with E-state index in [4.69, 9.17) is 9.47 Å². The minimum absolute atomic E-state index is 0.192. The van der Waals surface area contributed by atoms with E-state index >= 15 is 0 Å². The molecule has 0 aliphatic carbocycles. The van der Waals surface area contributed by atoms with Crippen LogP contribution in [0.5, 0.6) is 11.5 Å². The first-order chi connectivity index (χ1) is 11.3. The van der Waals surface area contributed by atoms with Crippen molar-refractivity contribution in [2.75, 3.05) is 39.5 Å².